The van der Waals surface area contributed by atoms with Gasteiger partial charge in [0, 0.05) is 24.7 Å². The van der Waals surface area contributed by atoms with Gasteiger partial charge in [-0.2, -0.15) is 0 Å². The fourth-order valence-electron chi connectivity index (χ4n) is 6.65. The van der Waals surface area contributed by atoms with Crippen LogP contribution in [0.1, 0.15) is 98.0 Å². The van der Waals surface area contributed by atoms with Crippen LogP contribution in [0.15, 0.2) is 48.5 Å². The topological polar surface area (TPSA) is 105 Å². The van der Waals surface area contributed by atoms with Crippen molar-refractivity contribution in [3.63, 3.8) is 0 Å². The third kappa shape index (κ3) is 7.59. The molecule has 2 unspecified atom stereocenters. The van der Waals surface area contributed by atoms with Crippen LogP contribution in [0.3, 0.4) is 0 Å². The molecule has 2 aromatic rings. The third-order valence-corrected chi connectivity index (χ3v) is 10.9. The quantitative estimate of drug-likeness (QED) is 0.232. The Hall–Kier alpha value is -2.10. The summed E-state index contributed by atoms with van der Waals surface area (Å²) < 4.78 is 23.4. The molecule has 0 aromatic heterocycles. The molecule has 0 spiro atoms. The first-order valence-electron chi connectivity index (χ1n) is 15.3. The van der Waals surface area contributed by atoms with E-state index in [-0.39, 0.29) is 5.91 Å². The molecule has 40 heavy (non-hydrogen) atoms. The second kappa shape index (κ2) is 13.7. The summed E-state index contributed by atoms with van der Waals surface area (Å²) in [6, 6.07) is 15.8. The highest BCUT2D eigenvalue weighted by atomic mass is 32.3. The van der Waals surface area contributed by atoms with Gasteiger partial charge in [0.15, 0.2) is 0 Å². The maximum Gasteiger partial charge on any atom is 0.251 e. The predicted molar refractivity (Wildman–Crippen MR) is 164 cm³/mol. The summed E-state index contributed by atoms with van der Waals surface area (Å²) in [6.45, 7) is 1.00. The Kier molecular flexibility index (Phi) is 10.1. The molecule has 220 valence electrons. The number of anilines is 1. The standard InChI is InChI=1S/C32H47N3O4S/c36-31(23-33-28-15-5-2-6-16-28)30(19-24-11-3-1-4-12-24)34-32(37)27-20-26(25-13-7-8-14-25)21-29(22-27)35-17-9-10-18-40(35,38)39/h1,3-4,11-12,20-22,25,28,30-31,33,36,38-39H,2,5-10,13-19,23H2,(H,34,37). The first kappa shape index (κ1) is 29.4. The molecule has 3 aliphatic rings. The highest BCUT2D eigenvalue weighted by molar-refractivity contribution is 8.25. The summed E-state index contributed by atoms with van der Waals surface area (Å²) in [5.41, 5.74) is 3.39. The number of aliphatic hydroxyl groups excluding tert-OH is 1. The minimum Gasteiger partial charge on any atom is -0.390 e. The van der Waals surface area contributed by atoms with Crippen LogP contribution in [-0.2, 0) is 6.42 Å². The van der Waals surface area contributed by atoms with Crippen molar-refractivity contribution in [1.82, 2.24) is 10.6 Å². The van der Waals surface area contributed by atoms with Crippen LogP contribution in [0.5, 0.6) is 0 Å². The number of carbonyl (C=O) groups excluding carboxylic acids is 1. The van der Waals surface area contributed by atoms with Crippen LogP contribution in [-0.4, -0.2) is 57.1 Å². The number of aliphatic hydroxyl groups is 1. The largest absolute Gasteiger partial charge is 0.390 e. The molecule has 1 aliphatic heterocycles. The van der Waals surface area contributed by atoms with E-state index >= 15 is 0 Å². The van der Waals surface area contributed by atoms with Crippen LogP contribution in [0.25, 0.3) is 0 Å². The Morgan fingerprint density at radius 2 is 1.65 bits per heavy atom. The van der Waals surface area contributed by atoms with Gasteiger partial charge in [-0.15, -0.1) is 10.8 Å². The van der Waals surface area contributed by atoms with Crippen LogP contribution in [0.4, 0.5) is 5.69 Å². The van der Waals surface area contributed by atoms with E-state index in [1.54, 1.807) is 10.4 Å². The zero-order valence-corrected chi connectivity index (χ0v) is 24.5. The number of nitrogens with one attached hydrogen (secondary N) is 2. The van der Waals surface area contributed by atoms with Gasteiger partial charge in [0.2, 0.25) is 0 Å². The molecule has 2 atom stereocenters. The first-order chi connectivity index (χ1) is 19.4. The Morgan fingerprint density at radius 1 is 0.925 bits per heavy atom. The van der Waals surface area contributed by atoms with Gasteiger partial charge in [-0.05, 0) is 80.2 Å². The summed E-state index contributed by atoms with van der Waals surface area (Å²) in [6.07, 6.45) is 12.0. The van der Waals surface area contributed by atoms with Gasteiger partial charge in [0.1, 0.15) is 0 Å². The molecule has 2 saturated carbocycles. The van der Waals surface area contributed by atoms with Gasteiger partial charge in [0.05, 0.1) is 23.6 Å². The SMILES string of the molecule is O=C(NC(Cc1ccccc1)C(O)CNC1CCCCC1)c1cc(C2CCCC2)cc(N2CCCCS2(O)O)c1. The molecule has 0 radical (unpaired) electrons. The summed E-state index contributed by atoms with van der Waals surface area (Å²) in [4.78, 5) is 13.8. The van der Waals surface area contributed by atoms with E-state index in [0.29, 0.717) is 48.5 Å². The zero-order chi connectivity index (χ0) is 28.0. The first-order valence-corrected chi connectivity index (χ1v) is 17.0. The number of nitrogens with zero attached hydrogens (tertiary/aromatic N) is 1. The van der Waals surface area contributed by atoms with Crippen LogP contribution in [0.2, 0.25) is 0 Å². The lowest BCUT2D eigenvalue weighted by Gasteiger charge is -2.47. The minimum atomic E-state index is -2.90. The Morgan fingerprint density at radius 3 is 2.38 bits per heavy atom. The van der Waals surface area contributed by atoms with E-state index < -0.39 is 22.9 Å². The van der Waals surface area contributed by atoms with Gasteiger partial charge >= 0.3 is 0 Å². The molecule has 1 amide bonds. The van der Waals surface area contributed by atoms with Crippen molar-refractivity contribution in [2.45, 2.75) is 101 Å². The van der Waals surface area contributed by atoms with E-state index in [1.165, 1.54) is 32.1 Å². The number of amides is 1. The maximum atomic E-state index is 13.8. The maximum absolute atomic E-state index is 13.8. The average molecular weight is 570 g/mol. The minimum absolute atomic E-state index is 0.229. The molecule has 7 nitrogen and oxygen atoms in total. The molecule has 5 N–H and O–H groups in total. The molecule has 1 heterocycles. The Balaban J connectivity index is 1.37. The van der Waals surface area contributed by atoms with E-state index in [4.69, 9.17) is 0 Å². The summed E-state index contributed by atoms with van der Waals surface area (Å²) in [5, 5.41) is 18.0. The van der Waals surface area contributed by atoms with Gasteiger partial charge < -0.3 is 15.7 Å². The van der Waals surface area contributed by atoms with Crippen molar-refractivity contribution >= 4 is 22.4 Å². The number of rotatable bonds is 10. The lowest BCUT2D eigenvalue weighted by atomic mass is 9.94. The zero-order valence-electron chi connectivity index (χ0n) is 23.6. The summed E-state index contributed by atoms with van der Waals surface area (Å²) in [5.74, 6) is 0.511. The molecule has 1 saturated heterocycles. The van der Waals surface area contributed by atoms with E-state index in [2.05, 4.69) is 16.7 Å². The van der Waals surface area contributed by atoms with Crippen molar-refractivity contribution in [3.8, 4) is 0 Å². The molecule has 2 aliphatic carbocycles. The molecule has 8 heteroatoms. The Labute approximate surface area is 241 Å². The van der Waals surface area contributed by atoms with Gasteiger partial charge in [-0.1, -0.05) is 62.4 Å². The highest BCUT2D eigenvalue weighted by Crippen LogP contribution is 2.50. The molecule has 0 bridgehead atoms. The average Bonchev–Trinajstić information content (AvgIpc) is 3.51. The Bertz CT molecular complexity index is 1100. The van der Waals surface area contributed by atoms with Crippen LogP contribution >= 0.6 is 10.8 Å². The number of hydrogen-bond acceptors (Lipinski definition) is 6. The second-order valence-corrected chi connectivity index (χ2v) is 14.1. The molecule has 3 fully saturated rings. The summed E-state index contributed by atoms with van der Waals surface area (Å²) >= 11 is 0. The second-order valence-electron chi connectivity index (χ2n) is 12.0. The predicted octanol–water partition coefficient (Wildman–Crippen LogP) is 6.23. The fourth-order valence-corrected chi connectivity index (χ4v) is 8.33. The van der Waals surface area contributed by atoms with Crippen molar-refractivity contribution in [2.75, 3.05) is 23.1 Å². The lowest BCUT2D eigenvalue weighted by molar-refractivity contribution is 0.0821. The van der Waals surface area contributed by atoms with Gasteiger partial charge in [0.25, 0.3) is 5.91 Å². The van der Waals surface area contributed by atoms with Crippen molar-refractivity contribution < 1.29 is 19.0 Å². The van der Waals surface area contributed by atoms with Crippen molar-refractivity contribution in [2.24, 2.45) is 0 Å². The van der Waals surface area contributed by atoms with Gasteiger partial charge in [-0.3, -0.25) is 18.2 Å². The number of benzene rings is 2. The van der Waals surface area contributed by atoms with Crippen LogP contribution < -0.4 is 14.9 Å². The molecular formula is C32H47N3O4S. The molecule has 5 rings (SSSR count). The van der Waals surface area contributed by atoms with Gasteiger partial charge in [-0.25, -0.2) is 0 Å². The summed E-state index contributed by atoms with van der Waals surface area (Å²) in [7, 11) is -2.90. The highest BCUT2D eigenvalue weighted by Gasteiger charge is 2.30. The normalized spacial score (nSPS) is 22.5. The monoisotopic (exact) mass is 569 g/mol. The lowest BCUT2D eigenvalue weighted by Crippen LogP contribution is -2.50. The smallest absolute Gasteiger partial charge is 0.251 e. The van der Waals surface area contributed by atoms with E-state index in [1.807, 2.05) is 36.4 Å². The van der Waals surface area contributed by atoms with Crippen LogP contribution in [0, 0.1) is 0 Å². The number of carbonyl (C=O) groups is 1. The van der Waals surface area contributed by atoms with E-state index in [0.717, 1.165) is 49.7 Å². The molecular weight excluding hydrogens is 522 g/mol. The van der Waals surface area contributed by atoms with Crippen molar-refractivity contribution in [3.05, 3.63) is 65.2 Å². The van der Waals surface area contributed by atoms with E-state index in [9.17, 15) is 19.0 Å². The molecule has 2 aromatic carbocycles. The number of hydrogen-bond donors (Lipinski definition) is 5. The van der Waals surface area contributed by atoms with Crippen molar-refractivity contribution in [1.29, 1.82) is 0 Å². The third-order valence-electron chi connectivity index (χ3n) is 9.00. The fraction of sp³-hybridized carbons (Fsp3) is 0.594.